The first-order valence-electron chi connectivity index (χ1n) is 32.9. The van der Waals surface area contributed by atoms with Crippen LogP contribution >= 0.6 is 15.6 Å². The number of esters is 3. The first kappa shape index (κ1) is 81.7. The van der Waals surface area contributed by atoms with E-state index in [0.29, 0.717) is 19.3 Å². The highest BCUT2D eigenvalue weighted by Crippen LogP contribution is 2.45. The molecule has 5 unspecified atom stereocenters. The zero-order valence-corrected chi connectivity index (χ0v) is 54.8. The molecule has 4 N–H and O–H groups in total. The van der Waals surface area contributed by atoms with Crippen molar-refractivity contribution in [2.75, 3.05) is 39.6 Å². The number of aliphatic hydroxyl groups is 2. The standard InChI is InChI=1S/C67H118O16P2/c1-4-7-10-13-16-19-22-25-27-28-29-30-31-32-34-37-38-41-44-47-50-53-65(70)77-56-62(68)57-79-84(73,74)80-58-63(69)59-81-85(75,76)82-61-64(83-67(72)55-52-49-46-43-40-35-24-21-18-15-12-9-6-3)60-78-66(71)54-51-48-45-42-39-36-33-26-23-20-17-14-11-8-5-2/h7,10,16,19,21,24-25,27,29-30,32,34,38,41,62-64,68-69H,4-6,8-9,11-15,17-18,20,22-23,26,28,31,33,35-37,39-40,42-61H2,1-3H3,(H,73,74)(H,75,76)/b10-7-,19-16-,24-21-,27-25-,30-29-,34-32-,41-38-. The van der Waals surface area contributed by atoms with Gasteiger partial charge in [-0.25, -0.2) is 9.13 Å². The molecule has 0 bridgehead atoms. The minimum Gasteiger partial charge on any atom is -0.463 e. The number of rotatable bonds is 62. The van der Waals surface area contributed by atoms with E-state index in [1.807, 2.05) is 0 Å². The monoisotopic (exact) mass is 1240 g/mol. The maximum atomic E-state index is 12.9. The van der Waals surface area contributed by atoms with Crippen LogP contribution in [-0.2, 0) is 55.8 Å². The van der Waals surface area contributed by atoms with Crippen LogP contribution in [0.3, 0.4) is 0 Å². The molecule has 16 nitrogen and oxygen atoms in total. The van der Waals surface area contributed by atoms with Gasteiger partial charge in [0.25, 0.3) is 0 Å². The van der Waals surface area contributed by atoms with Crippen molar-refractivity contribution >= 4 is 33.6 Å². The normalized spacial score (nSPS) is 14.9. The third-order valence-corrected chi connectivity index (χ3v) is 15.5. The minimum atomic E-state index is -4.92. The first-order valence-corrected chi connectivity index (χ1v) is 35.9. The number of hydrogen-bond acceptors (Lipinski definition) is 14. The largest absolute Gasteiger partial charge is 0.472 e. The Morgan fingerprint density at radius 1 is 0.341 bits per heavy atom. The van der Waals surface area contributed by atoms with Gasteiger partial charge in [-0.3, -0.25) is 32.5 Å². The van der Waals surface area contributed by atoms with Gasteiger partial charge < -0.3 is 34.2 Å². The fourth-order valence-corrected chi connectivity index (χ4v) is 10.2. The van der Waals surface area contributed by atoms with Crippen molar-refractivity contribution in [1.82, 2.24) is 0 Å². The highest BCUT2D eigenvalue weighted by atomic mass is 31.2. The SMILES string of the molecule is CC/C=C\C/C=C\C/C=C\C/C=C\C/C=C\C/C=C\CCCCC(=O)OCC(O)COP(=O)(O)OCC(O)COP(=O)(O)OCC(COC(=O)CCCCCCCCCCCCCCCCC)OC(=O)CCCCCCC/C=C\CCCCCC. The third kappa shape index (κ3) is 62.1. The molecule has 18 heteroatoms. The molecule has 0 heterocycles. The number of carbonyl (C=O) groups excluding carboxylic acids is 3. The molecule has 0 saturated carbocycles. The summed E-state index contributed by atoms with van der Waals surface area (Å²) in [6, 6.07) is 0. The smallest absolute Gasteiger partial charge is 0.463 e. The topological polar surface area (TPSA) is 231 Å². The molecule has 85 heavy (non-hydrogen) atoms. The molecule has 0 radical (unpaired) electrons. The maximum absolute atomic E-state index is 12.9. The van der Waals surface area contributed by atoms with Crippen molar-refractivity contribution in [1.29, 1.82) is 0 Å². The van der Waals surface area contributed by atoms with Crippen LogP contribution in [0.5, 0.6) is 0 Å². The van der Waals surface area contributed by atoms with Gasteiger partial charge in [-0.15, -0.1) is 0 Å². The molecule has 0 aliphatic carbocycles. The van der Waals surface area contributed by atoms with Crippen LogP contribution < -0.4 is 0 Å². The van der Waals surface area contributed by atoms with E-state index in [2.05, 4.69) is 106 Å². The molecular formula is C67H118O16P2. The van der Waals surface area contributed by atoms with Crippen molar-refractivity contribution in [3.8, 4) is 0 Å². The summed E-state index contributed by atoms with van der Waals surface area (Å²) in [6.45, 7) is 2.48. The average molecular weight is 1240 g/mol. The molecule has 0 aliphatic rings. The lowest BCUT2D eigenvalue weighted by Gasteiger charge is -2.21. The Labute approximate surface area is 515 Å². The number of aliphatic hydroxyl groups excluding tert-OH is 2. The van der Waals surface area contributed by atoms with Gasteiger partial charge in [-0.2, -0.15) is 0 Å². The summed E-state index contributed by atoms with van der Waals surface area (Å²) in [6.07, 6.45) is 63.6. The summed E-state index contributed by atoms with van der Waals surface area (Å²) >= 11 is 0. The number of unbranched alkanes of at least 4 members (excludes halogenated alkanes) is 25. The molecule has 0 aromatic heterocycles. The van der Waals surface area contributed by atoms with E-state index in [1.54, 1.807) is 0 Å². The average Bonchev–Trinajstić information content (AvgIpc) is 3.51. The molecule has 5 atom stereocenters. The second kappa shape index (κ2) is 61.0. The maximum Gasteiger partial charge on any atom is 0.472 e. The van der Waals surface area contributed by atoms with Crippen LogP contribution in [0.25, 0.3) is 0 Å². The Morgan fingerprint density at radius 3 is 1.04 bits per heavy atom. The molecule has 492 valence electrons. The third-order valence-electron chi connectivity index (χ3n) is 13.6. The fraction of sp³-hybridized carbons (Fsp3) is 0.746. The second-order valence-electron chi connectivity index (χ2n) is 21.9. The van der Waals surface area contributed by atoms with Crippen molar-refractivity contribution < 1.29 is 75.8 Å². The van der Waals surface area contributed by atoms with Gasteiger partial charge >= 0.3 is 33.6 Å². The molecule has 0 rings (SSSR count). The van der Waals surface area contributed by atoms with E-state index in [4.69, 9.17) is 32.3 Å². The highest BCUT2D eigenvalue weighted by molar-refractivity contribution is 7.47. The van der Waals surface area contributed by atoms with Gasteiger partial charge in [0.2, 0.25) is 0 Å². The molecule has 0 fully saturated rings. The van der Waals surface area contributed by atoms with Gasteiger partial charge in [-0.05, 0) is 96.3 Å². The summed E-state index contributed by atoms with van der Waals surface area (Å²) in [5, 5.41) is 20.5. The summed E-state index contributed by atoms with van der Waals surface area (Å²) in [7, 11) is -9.78. The van der Waals surface area contributed by atoms with Crippen LogP contribution in [0.1, 0.15) is 265 Å². The minimum absolute atomic E-state index is 0.0961. The van der Waals surface area contributed by atoms with Crippen LogP contribution in [0.4, 0.5) is 0 Å². The fourth-order valence-electron chi connectivity index (χ4n) is 8.57. The predicted octanol–water partition coefficient (Wildman–Crippen LogP) is 17.8. The molecule has 0 aromatic rings. The van der Waals surface area contributed by atoms with Gasteiger partial charge in [0.1, 0.15) is 25.4 Å². The van der Waals surface area contributed by atoms with Crippen LogP contribution in [0, 0.1) is 0 Å². The van der Waals surface area contributed by atoms with E-state index >= 15 is 0 Å². The van der Waals surface area contributed by atoms with Crippen molar-refractivity contribution in [3.63, 3.8) is 0 Å². The van der Waals surface area contributed by atoms with E-state index in [-0.39, 0.29) is 19.3 Å². The summed E-state index contributed by atoms with van der Waals surface area (Å²) in [4.78, 5) is 58.2. The molecule has 0 aromatic carbocycles. The van der Waals surface area contributed by atoms with Crippen LogP contribution in [0.2, 0.25) is 0 Å². The number of allylic oxidation sites excluding steroid dienone is 14. The summed E-state index contributed by atoms with van der Waals surface area (Å²) in [5.74, 6) is -1.62. The van der Waals surface area contributed by atoms with Crippen LogP contribution in [-0.4, -0.2) is 95.9 Å². The Bertz CT molecular complexity index is 1900. The Morgan fingerprint density at radius 2 is 0.624 bits per heavy atom. The van der Waals surface area contributed by atoms with Gasteiger partial charge in [0, 0.05) is 19.3 Å². The summed E-state index contributed by atoms with van der Waals surface area (Å²) in [5.41, 5.74) is 0. The van der Waals surface area contributed by atoms with Crippen molar-refractivity contribution in [2.24, 2.45) is 0 Å². The summed E-state index contributed by atoms with van der Waals surface area (Å²) < 4.78 is 60.7. The number of phosphoric acid groups is 2. The van der Waals surface area contributed by atoms with Gasteiger partial charge in [-0.1, -0.05) is 234 Å². The number of hydrogen-bond donors (Lipinski definition) is 4. The molecule has 0 saturated heterocycles. The molecule has 0 aliphatic heterocycles. The zero-order chi connectivity index (χ0) is 62.4. The van der Waals surface area contributed by atoms with E-state index in [1.165, 1.54) is 96.3 Å². The highest BCUT2D eigenvalue weighted by Gasteiger charge is 2.29. The van der Waals surface area contributed by atoms with Crippen molar-refractivity contribution in [3.05, 3.63) is 85.1 Å². The van der Waals surface area contributed by atoms with E-state index < -0.39 is 91.5 Å². The Kier molecular flexibility index (Phi) is 58.6. The first-order chi connectivity index (χ1) is 41.2. The lowest BCUT2D eigenvalue weighted by Crippen LogP contribution is -2.30. The number of phosphoric ester groups is 2. The molecular weight excluding hydrogens is 1120 g/mol. The van der Waals surface area contributed by atoms with E-state index in [9.17, 15) is 43.5 Å². The van der Waals surface area contributed by atoms with Crippen molar-refractivity contribution in [2.45, 2.75) is 283 Å². The molecule has 0 spiro atoms. The van der Waals surface area contributed by atoms with Crippen LogP contribution in [0.15, 0.2) is 85.1 Å². The Balaban J connectivity index is 4.65. The predicted molar refractivity (Wildman–Crippen MR) is 344 cm³/mol. The zero-order valence-electron chi connectivity index (χ0n) is 53.0. The lowest BCUT2D eigenvalue weighted by atomic mass is 10.0. The second-order valence-corrected chi connectivity index (χ2v) is 24.8. The molecule has 0 amide bonds. The number of carbonyl (C=O) groups is 3. The lowest BCUT2D eigenvalue weighted by molar-refractivity contribution is -0.161. The van der Waals surface area contributed by atoms with Gasteiger partial charge in [0.15, 0.2) is 6.10 Å². The quantitative estimate of drug-likeness (QED) is 0.0146. The van der Waals surface area contributed by atoms with E-state index in [0.717, 1.165) is 109 Å². The van der Waals surface area contributed by atoms with Gasteiger partial charge in [0.05, 0.1) is 26.4 Å². The Hall–Kier alpha value is -3.27. The number of ether oxygens (including phenoxy) is 3.